The lowest BCUT2D eigenvalue weighted by Gasteiger charge is -2.14. The Hall–Kier alpha value is -1.07. The molecule has 0 aliphatic rings. The summed E-state index contributed by atoms with van der Waals surface area (Å²) in [6.45, 7) is 4.16. The fourth-order valence-electron chi connectivity index (χ4n) is 1.52. The SMILES string of the molecule is CCc1cccc(NS(=O)(=O)C(C)CNC)c1. The van der Waals surface area contributed by atoms with Crippen LogP contribution >= 0.6 is 0 Å². The monoisotopic (exact) mass is 256 g/mol. The van der Waals surface area contributed by atoms with Gasteiger partial charge in [-0.15, -0.1) is 0 Å². The van der Waals surface area contributed by atoms with Gasteiger partial charge in [-0.05, 0) is 38.1 Å². The average Bonchev–Trinajstić information content (AvgIpc) is 2.29. The van der Waals surface area contributed by atoms with Crippen LogP contribution < -0.4 is 10.0 Å². The lowest BCUT2D eigenvalue weighted by atomic mass is 10.1. The molecule has 4 nitrogen and oxygen atoms in total. The second-order valence-electron chi connectivity index (χ2n) is 4.07. The summed E-state index contributed by atoms with van der Waals surface area (Å²) in [7, 11) is -1.57. The summed E-state index contributed by atoms with van der Waals surface area (Å²) >= 11 is 0. The predicted octanol–water partition coefficient (Wildman–Crippen LogP) is 1.60. The van der Waals surface area contributed by atoms with Crippen LogP contribution in [0, 0.1) is 0 Å². The van der Waals surface area contributed by atoms with Gasteiger partial charge in [0, 0.05) is 12.2 Å². The highest BCUT2D eigenvalue weighted by atomic mass is 32.2. The van der Waals surface area contributed by atoms with E-state index in [9.17, 15) is 8.42 Å². The molecule has 0 aromatic heterocycles. The average molecular weight is 256 g/mol. The summed E-state index contributed by atoms with van der Waals surface area (Å²) < 4.78 is 26.5. The summed E-state index contributed by atoms with van der Waals surface area (Å²) in [6, 6.07) is 7.47. The zero-order chi connectivity index (χ0) is 12.9. The second-order valence-corrected chi connectivity index (χ2v) is 6.17. The molecule has 1 atom stereocenters. The third-order valence-electron chi connectivity index (χ3n) is 2.62. The highest BCUT2D eigenvalue weighted by Crippen LogP contribution is 2.14. The van der Waals surface area contributed by atoms with Crippen molar-refractivity contribution in [3.63, 3.8) is 0 Å². The summed E-state index contributed by atoms with van der Waals surface area (Å²) in [4.78, 5) is 0. The van der Waals surface area contributed by atoms with E-state index in [-0.39, 0.29) is 0 Å². The quantitative estimate of drug-likeness (QED) is 0.813. The van der Waals surface area contributed by atoms with Crippen molar-refractivity contribution < 1.29 is 8.42 Å². The van der Waals surface area contributed by atoms with Gasteiger partial charge in [-0.25, -0.2) is 8.42 Å². The molecular formula is C12H20N2O2S. The fourth-order valence-corrected chi connectivity index (χ4v) is 2.56. The van der Waals surface area contributed by atoms with E-state index in [4.69, 9.17) is 0 Å². The fraction of sp³-hybridized carbons (Fsp3) is 0.500. The minimum absolute atomic E-state index is 0.433. The highest BCUT2D eigenvalue weighted by molar-refractivity contribution is 7.93. The van der Waals surface area contributed by atoms with E-state index < -0.39 is 15.3 Å². The van der Waals surface area contributed by atoms with Gasteiger partial charge in [-0.3, -0.25) is 4.72 Å². The number of aryl methyl sites for hydroxylation is 1. The zero-order valence-electron chi connectivity index (χ0n) is 10.5. The van der Waals surface area contributed by atoms with Crippen molar-refractivity contribution in [1.29, 1.82) is 0 Å². The van der Waals surface area contributed by atoms with Gasteiger partial charge < -0.3 is 5.32 Å². The zero-order valence-corrected chi connectivity index (χ0v) is 11.3. The summed E-state index contributed by atoms with van der Waals surface area (Å²) in [6.07, 6.45) is 0.891. The van der Waals surface area contributed by atoms with Gasteiger partial charge in [0.15, 0.2) is 0 Å². The summed E-state index contributed by atoms with van der Waals surface area (Å²) in [5, 5.41) is 2.40. The second kappa shape index (κ2) is 6.02. The number of hydrogen-bond acceptors (Lipinski definition) is 3. The Morgan fingerprint density at radius 2 is 2.06 bits per heavy atom. The maximum absolute atomic E-state index is 11.9. The molecule has 0 amide bonds. The first-order valence-corrected chi connectivity index (χ1v) is 7.29. The van der Waals surface area contributed by atoms with Crippen molar-refractivity contribution in [3.05, 3.63) is 29.8 Å². The molecule has 0 fully saturated rings. The standard InChI is InChI=1S/C12H20N2O2S/c1-4-11-6-5-7-12(8-11)14-17(15,16)10(2)9-13-3/h5-8,10,13-14H,4,9H2,1-3H3. The third kappa shape index (κ3) is 4.02. The van der Waals surface area contributed by atoms with E-state index in [0.717, 1.165) is 12.0 Å². The minimum atomic E-state index is -3.31. The largest absolute Gasteiger partial charge is 0.318 e. The molecule has 0 bridgehead atoms. The molecule has 0 aliphatic carbocycles. The molecule has 0 saturated heterocycles. The van der Waals surface area contributed by atoms with Crippen molar-refractivity contribution >= 4 is 15.7 Å². The van der Waals surface area contributed by atoms with Gasteiger partial charge in [0.05, 0.1) is 5.25 Å². The van der Waals surface area contributed by atoms with Gasteiger partial charge in [-0.2, -0.15) is 0 Å². The normalized spacial score (nSPS) is 13.4. The number of nitrogens with one attached hydrogen (secondary N) is 2. The molecule has 1 aromatic rings. The third-order valence-corrected chi connectivity index (χ3v) is 4.36. The van der Waals surface area contributed by atoms with Gasteiger partial charge in [0.25, 0.3) is 0 Å². The first kappa shape index (κ1) is 14.0. The van der Waals surface area contributed by atoms with Crippen LogP contribution in [0.5, 0.6) is 0 Å². The number of benzene rings is 1. The topological polar surface area (TPSA) is 58.2 Å². The first-order valence-electron chi connectivity index (χ1n) is 5.74. The lowest BCUT2D eigenvalue weighted by molar-refractivity contribution is 0.584. The molecule has 0 aliphatic heterocycles. The molecule has 1 unspecified atom stereocenters. The molecule has 5 heteroatoms. The number of rotatable bonds is 6. The minimum Gasteiger partial charge on any atom is -0.318 e. The maximum Gasteiger partial charge on any atom is 0.236 e. The van der Waals surface area contributed by atoms with Gasteiger partial charge in [-0.1, -0.05) is 19.1 Å². The molecule has 0 spiro atoms. The summed E-state index contributed by atoms with van der Waals surface area (Å²) in [5.74, 6) is 0. The Labute approximate surface area is 103 Å². The van der Waals surface area contributed by atoms with Crippen molar-refractivity contribution in [2.45, 2.75) is 25.5 Å². The molecule has 1 aromatic carbocycles. The van der Waals surface area contributed by atoms with Gasteiger partial charge in [0.1, 0.15) is 0 Å². The number of hydrogen-bond donors (Lipinski definition) is 2. The van der Waals surface area contributed by atoms with E-state index in [1.165, 1.54) is 0 Å². The smallest absolute Gasteiger partial charge is 0.236 e. The molecule has 17 heavy (non-hydrogen) atoms. The predicted molar refractivity (Wildman–Crippen MR) is 71.8 cm³/mol. The van der Waals surface area contributed by atoms with Crippen LogP contribution in [0.2, 0.25) is 0 Å². The molecule has 0 radical (unpaired) electrons. The molecule has 1 rings (SSSR count). The van der Waals surface area contributed by atoms with Crippen molar-refractivity contribution in [2.24, 2.45) is 0 Å². The molecular weight excluding hydrogens is 236 g/mol. The Morgan fingerprint density at radius 3 is 2.65 bits per heavy atom. The van der Waals surface area contributed by atoms with Crippen LogP contribution in [0.3, 0.4) is 0 Å². The van der Waals surface area contributed by atoms with Crippen LogP contribution in [0.25, 0.3) is 0 Å². The van der Waals surface area contributed by atoms with E-state index in [0.29, 0.717) is 12.2 Å². The van der Waals surface area contributed by atoms with Crippen molar-refractivity contribution in [1.82, 2.24) is 5.32 Å². The van der Waals surface area contributed by atoms with Crippen LogP contribution in [0.15, 0.2) is 24.3 Å². The van der Waals surface area contributed by atoms with Crippen molar-refractivity contribution in [2.75, 3.05) is 18.3 Å². The Bertz CT molecular complexity index is 457. The number of anilines is 1. The van der Waals surface area contributed by atoms with E-state index in [1.807, 2.05) is 25.1 Å². The molecule has 96 valence electrons. The first-order chi connectivity index (χ1) is 7.99. The molecule has 0 saturated carbocycles. The molecule has 0 heterocycles. The molecule has 2 N–H and O–H groups in total. The highest BCUT2D eigenvalue weighted by Gasteiger charge is 2.19. The van der Waals surface area contributed by atoms with Crippen LogP contribution in [-0.2, 0) is 16.4 Å². The van der Waals surface area contributed by atoms with E-state index in [1.54, 1.807) is 20.0 Å². The van der Waals surface area contributed by atoms with Crippen LogP contribution in [-0.4, -0.2) is 27.3 Å². The van der Waals surface area contributed by atoms with E-state index >= 15 is 0 Å². The van der Waals surface area contributed by atoms with Crippen LogP contribution in [0.4, 0.5) is 5.69 Å². The van der Waals surface area contributed by atoms with E-state index in [2.05, 4.69) is 10.0 Å². The van der Waals surface area contributed by atoms with Gasteiger partial charge >= 0.3 is 0 Å². The van der Waals surface area contributed by atoms with Crippen LogP contribution in [0.1, 0.15) is 19.4 Å². The van der Waals surface area contributed by atoms with Gasteiger partial charge in [0.2, 0.25) is 10.0 Å². The Balaban J connectivity index is 2.82. The maximum atomic E-state index is 11.9. The Kier molecular flexibility index (Phi) is 4.96. The lowest BCUT2D eigenvalue weighted by Crippen LogP contribution is -2.33. The summed E-state index contributed by atoms with van der Waals surface area (Å²) in [5.41, 5.74) is 1.75. The van der Waals surface area contributed by atoms with Crippen molar-refractivity contribution in [3.8, 4) is 0 Å². The number of sulfonamides is 1. The Morgan fingerprint density at radius 1 is 1.35 bits per heavy atom.